The molecule has 1 rings (SSSR count). The van der Waals surface area contributed by atoms with Gasteiger partial charge in [-0.2, -0.15) is 8.75 Å². The molecule has 6 nitrogen and oxygen atoms in total. The van der Waals surface area contributed by atoms with Gasteiger partial charge in [-0.25, -0.2) is 0 Å². The van der Waals surface area contributed by atoms with Gasteiger partial charge in [-0.15, -0.1) is 0 Å². The molecule has 0 radical (unpaired) electrons. The Labute approximate surface area is 103 Å². The Hall–Kier alpha value is -1.50. The lowest BCUT2D eigenvalue weighted by molar-refractivity contribution is -0.142. The molecule has 1 aromatic heterocycles. The second-order valence-corrected chi connectivity index (χ2v) is 4.72. The number of rotatable bonds is 6. The third-order valence-corrected chi connectivity index (χ3v) is 2.69. The molecular weight excluding hydrogens is 242 g/mol. The smallest absolute Gasteiger partial charge is 0.308 e. The second kappa shape index (κ2) is 6.29. The van der Waals surface area contributed by atoms with Crippen LogP contribution >= 0.6 is 11.7 Å². The number of carbonyl (C=O) groups is 2. The fraction of sp³-hybridized carbons (Fsp3) is 0.600. The largest absolute Gasteiger partial charge is 0.481 e. The van der Waals surface area contributed by atoms with E-state index in [-0.39, 0.29) is 24.1 Å². The highest BCUT2D eigenvalue weighted by atomic mass is 32.1. The molecule has 1 aromatic rings. The molecule has 0 spiro atoms. The van der Waals surface area contributed by atoms with Gasteiger partial charge in [0.15, 0.2) is 5.69 Å². The summed E-state index contributed by atoms with van der Waals surface area (Å²) in [6.07, 6.45) is 1.89. The van der Waals surface area contributed by atoms with Gasteiger partial charge in [0.2, 0.25) is 0 Å². The molecule has 1 atom stereocenters. The minimum atomic E-state index is -0.893. The van der Waals surface area contributed by atoms with Crippen molar-refractivity contribution in [2.45, 2.75) is 20.3 Å². The molecule has 0 bridgehead atoms. The van der Waals surface area contributed by atoms with Crippen LogP contribution in [-0.4, -0.2) is 32.3 Å². The number of carbonyl (C=O) groups excluding carboxylic acids is 1. The van der Waals surface area contributed by atoms with Crippen molar-refractivity contribution < 1.29 is 14.7 Å². The van der Waals surface area contributed by atoms with Crippen LogP contribution in [0.1, 0.15) is 30.8 Å². The second-order valence-electron chi connectivity index (χ2n) is 4.17. The average molecular weight is 257 g/mol. The molecule has 0 fully saturated rings. The zero-order valence-electron chi connectivity index (χ0n) is 9.71. The Balaban J connectivity index is 2.47. The highest BCUT2D eigenvalue weighted by Gasteiger charge is 2.20. The van der Waals surface area contributed by atoms with Crippen LogP contribution in [0.15, 0.2) is 6.20 Å². The van der Waals surface area contributed by atoms with Gasteiger partial charge in [0.05, 0.1) is 23.8 Å². The van der Waals surface area contributed by atoms with Crippen LogP contribution in [0.25, 0.3) is 0 Å². The van der Waals surface area contributed by atoms with Crippen LogP contribution in [0, 0.1) is 11.8 Å². The van der Waals surface area contributed by atoms with E-state index in [9.17, 15) is 9.59 Å². The van der Waals surface area contributed by atoms with Gasteiger partial charge >= 0.3 is 5.97 Å². The van der Waals surface area contributed by atoms with Crippen molar-refractivity contribution in [3.63, 3.8) is 0 Å². The molecule has 0 aromatic carbocycles. The fourth-order valence-electron chi connectivity index (χ4n) is 1.41. The predicted octanol–water partition coefficient (Wildman–Crippen LogP) is 1.01. The lowest BCUT2D eigenvalue weighted by Gasteiger charge is -2.14. The van der Waals surface area contributed by atoms with E-state index in [2.05, 4.69) is 14.1 Å². The standard InChI is InChI=1S/C10H15N3O3S/c1-6(2)3-7(10(15)16)4-11-9(14)8-5-12-17-13-8/h5-7H,3-4H2,1-2H3,(H,11,14)(H,15,16). The number of hydrogen-bond acceptors (Lipinski definition) is 5. The van der Waals surface area contributed by atoms with Crippen LogP contribution in [0.5, 0.6) is 0 Å². The third-order valence-electron chi connectivity index (χ3n) is 2.21. The molecular formula is C10H15N3O3S. The summed E-state index contributed by atoms with van der Waals surface area (Å²) in [5.41, 5.74) is 0.226. The Morgan fingerprint density at radius 1 is 1.53 bits per heavy atom. The van der Waals surface area contributed by atoms with Gasteiger partial charge in [0.25, 0.3) is 5.91 Å². The maximum Gasteiger partial charge on any atom is 0.308 e. The highest BCUT2D eigenvalue weighted by molar-refractivity contribution is 6.99. The Morgan fingerprint density at radius 3 is 2.71 bits per heavy atom. The van der Waals surface area contributed by atoms with Crippen LogP contribution in [0.4, 0.5) is 0 Å². The van der Waals surface area contributed by atoms with Crippen molar-refractivity contribution in [2.75, 3.05) is 6.54 Å². The van der Waals surface area contributed by atoms with Gasteiger partial charge in [-0.05, 0) is 12.3 Å². The van der Waals surface area contributed by atoms with Crippen molar-refractivity contribution in [1.82, 2.24) is 14.1 Å². The first-order valence-electron chi connectivity index (χ1n) is 5.29. The van der Waals surface area contributed by atoms with E-state index in [4.69, 9.17) is 5.11 Å². The molecule has 17 heavy (non-hydrogen) atoms. The van der Waals surface area contributed by atoms with Crippen LogP contribution in [0.3, 0.4) is 0 Å². The average Bonchev–Trinajstić information content (AvgIpc) is 2.76. The number of nitrogens with zero attached hydrogens (tertiary/aromatic N) is 2. The zero-order valence-corrected chi connectivity index (χ0v) is 10.5. The predicted molar refractivity (Wildman–Crippen MR) is 62.8 cm³/mol. The van der Waals surface area contributed by atoms with E-state index in [1.165, 1.54) is 6.20 Å². The van der Waals surface area contributed by atoms with Gasteiger partial charge in [0, 0.05) is 6.54 Å². The number of aromatic nitrogens is 2. The van der Waals surface area contributed by atoms with Crippen molar-refractivity contribution in [1.29, 1.82) is 0 Å². The summed E-state index contributed by atoms with van der Waals surface area (Å²) < 4.78 is 7.48. The first-order chi connectivity index (χ1) is 8.00. The maximum absolute atomic E-state index is 11.5. The number of hydrogen-bond donors (Lipinski definition) is 2. The summed E-state index contributed by atoms with van der Waals surface area (Å²) in [7, 11) is 0. The summed E-state index contributed by atoms with van der Waals surface area (Å²) >= 11 is 0.942. The van der Waals surface area contributed by atoms with Crippen molar-refractivity contribution in [3.05, 3.63) is 11.9 Å². The topological polar surface area (TPSA) is 92.2 Å². The van der Waals surface area contributed by atoms with Crippen LogP contribution < -0.4 is 5.32 Å². The quantitative estimate of drug-likeness (QED) is 0.793. The van der Waals surface area contributed by atoms with E-state index >= 15 is 0 Å². The van der Waals surface area contributed by atoms with Crippen LogP contribution in [-0.2, 0) is 4.79 Å². The van der Waals surface area contributed by atoms with Gasteiger partial charge < -0.3 is 10.4 Å². The highest BCUT2D eigenvalue weighted by Crippen LogP contribution is 2.11. The molecule has 0 aliphatic carbocycles. The van der Waals surface area contributed by atoms with Crippen LogP contribution in [0.2, 0.25) is 0 Å². The molecule has 1 unspecified atom stereocenters. The lowest BCUT2D eigenvalue weighted by atomic mass is 9.97. The molecule has 2 N–H and O–H groups in total. The fourth-order valence-corrected chi connectivity index (χ4v) is 1.82. The normalized spacial score (nSPS) is 12.4. The number of aliphatic carboxylic acids is 1. The number of nitrogens with one attached hydrogen (secondary N) is 1. The Kier molecular flexibility index (Phi) is 5.02. The van der Waals surface area contributed by atoms with E-state index in [0.29, 0.717) is 6.42 Å². The van der Waals surface area contributed by atoms with E-state index < -0.39 is 11.9 Å². The number of carboxylic acids is 1. The lowest BCUT2D eigenvalue weighted by Crippen LogP contribution is -2.33. The first kappa shape index (κ1) is 13.6. The first-order valence-corrected chi connectivity index (χ1v) is 6.02. The molecule has 94 valence electrons. The van der Waals surface area contributed by atoms with Gasteiger partial charge in [-0.3, -0.25) is 9.59 Å². The Bertz CT molecular complexity index is 378. The number of amides is 1. The third kappa shape index (κ3) is 4.48. The SMILES string of the molecule is CC(C)CC(CNC(=O)c1cnsn1)C(=O)O. The summed E-state index contributed by atoms with van der Waals surface area (Å²) in [6, 6.07) is 0. The maximum atomic E-state index is 11.5. The molecule has 7 heteroatoms. The molecule has 0 aliphatic heterocycles. The van der Waals surface area contributed by atoms with Crippen molar-refractivity contribution in [3.8, 4) is 0 Å². The molecule has 0 saturated carbocycles. The summed E-state index contributed by atoms with van der Waals surface area (Å²) in [5.74, 6) is -1.57. The minimum absolute atomic E-state index is 0.115. The number of carboxylic acid groups (broad SMARTS) is 1. The summed E-state index contributed by atoms with van der Waals surface area (Å²) in [5, 5.41) is 11.5. The van der Waals surface area contributed by atoms with E-state index in [1.54, 1.807) is 0 Å². The van der Waals surface area contributed by atoms with Gasteiger partial charge in [-0.1, -0.05) is 13.8 Å². The summed E-state index contributed by atoms with van der Waals surface area (Å²) in [4.78, 5) is 22.5. The van der Waals surface area contributed by atoms with E-state index in [0.717, 1.165) is 11.7 Å². The van der Waals surface area contributed by atoms with Crippen molar-refractivity contribution in [2.24, 2.45) is 11.8 Å². The minimum Gasteiger partial charge on any atom is -0.481 e. The molecule has 1 heterocycles. The van der Waals surface area contributed by atoms with E-state index in [1.807, 2.05) is 13.8 Å². The molecule has 0 aliphatic rings. The zero-order chi connectivity index (χ0) is 12.8. The Morgan fingerprint density at radius 2 is 2.24 bits per heavy atom. The molecule has 1 amide bonds. The summed E-state index contributed by atoms with van der Waals surface area (Å²) in [6.45, 7) is 4.01. The van der Waals surface area contributed by atoms with Gasteiger partial charge in [0.1, 0.15) is 0 Å². The van der Waals surface area contributed by atoms with Crippen molar-refractivity contribution >= 4 is 23.6 Å². The monoisotopic (exact) mass is 257 g/mol. The molecule has 0 saturated heterocycles.